The Bertz CT molecular complexity index is 1560. The Morgan fingerprint density at radius 2 is 1.82 bits per heavy atom. The van der Waals surface area contributed by atoms with Crippen LogP contribution in [0.25, 0.3) is 16.5 Å². The second-order valence-corrected chi connectivity index (χ2v) is 8.54. The molecular formula is C29H25F3N2O6. The number of esters is 1. The first-order chi connectivity index (χ1) is 19.2. The molecule has 8 nitrogen and oxygen atoms in total. The van der Waals surface area contributed by atoms with Gasteiger partial charge in [-0.2, -0.15) is 13.2 Å². The summed E-state index contributed by atoms with van der Waals surface area (Å²) in [5, 5.41) is 8.87. The maximum Gasteiger partial charge on any atom is 0.416 e. The second kappa shape index (κ2) is 12.4. The first kappa shape index (κ1) is 28.2. The molecule has 1 heterocycles. The normalized spacial score (nSPS) is 12.3. The van der Waals surface area contributed by atoms with Crippen LogP contribution in [0.15, 0.2) is 82.7 Å². The van der Waals surface area contributed by atoms with Crippen LogP contribution in [0.2, 0.25) is 0 Å². The Labute approximate surface area is 227 Å². The molecular weight excluding hydrogens is 529 g/mol. The number of alkyl halides is 3. The van der Waals surface area contributed by atoms with Crippen molar-refractivity contribution in [3.8, 4) is 5.75 Å². The summed E-state index contributed by atoms with van der Waals surface area (Å²) in [6, 6.07) is 17.1. The van der Waals surface area contributed by atoms with Gasteiger partial charge in [-0.25, -0.2) is 4.79 Å². The molecule has 40 heavy (non-hydrogen) atoms. The SMILES string of the molecule is CO/C=C(/C(=O)OC)c1ccccc1CO/N=C(/C)c1noc2cc(OCc3cccc(C(F)(F)F)c3)ccc12. The number of carbonyl (C=O) groups is 1. The first-order valence-electron chi connectivity index (χ1n) is 12.0. The third-order valence-corrected chi connectivity index (χ3v) is 5.82. The Morgan fingerprint density at radius 1 is 1.02 bits per heavy atom. The number of benzene rings is 3. The lowest BCUT2D eigenvalue weighted by Crippen LogP contribution is -2.07. The lowest BCUT2D eigenvalue weighted by molar-refractivity contribution is -0.137. The van der Waals surface area contributed by atoms with Crippen molar-refractivity contribution in [1.29, 1.82) is 0 Å². The summed E-state index contributed by atoms with van der Waals surface area (Å²) < 4.78 is 59.8. The average Bonchev–Trinajstić information content (AvgIpc) is 3.38. The molecule has 0 aliphatic carbocycles. The predicted molar refractivity (Wildman–Crippen MR) is 140 cm³/mol. The number of carbonyl (C=O) groups excluding carboxylic acids is 1. The van der Waals surface area contributed by atoms with E-state index in [2.05, 4.69) is 10.3 Å². The van der Waals surface area contributed by atoms with Crippen molar-refractivity contribution in [1.82, 2.24) is 5.16 Å². The van der Waals surface area contributed by atoms with Crippen molar-refractivity contribution < 1.29 is 41.5 Å². The quantitative estimate of drug-likeness (QED) is 0.0724. The number of methoxy groups -OCH3 is 2. The molecule has 0 N–H and O–H groups in total. The summed E-state index contributed by atoms with van der Waals surface area (Å²) >= 11 is 0. The van der Waals surface area contributed by atoms with Gasteiger partial charge in [0, 0.05) is 11.6 Å². The fraction of sp³-hybridized carbons (Fsp3) is 0.207. The van der Waals surface area contributed by atoms with Gasteiger partial charge in [-0.3, -0.25) is 0 Å². The predicted octanol–water partition coefficient (Wildman–Crippen LogP) is 6.53. The molecule has 0 spiro atoms. The molecule has 3 aromatic carbocycles. The number of hydrogen-bond donors (Lipinski definition) is 0. The van der Waals surface area contributed by atoms with Crippen molar-refractivity contribution in [3.05, 3.63) is 101 Å². The van der Waals surface area contributed by atoms with Gasteiger partial charge >= 0.3 is 12.1 Å². The minimum absolute atomic E-state index is 0.0505. The zero-order valence-electron chi connectivity index (χ0n) is 21.8. The van der Waals surface area contributed by atoms with Gasteiger partial charge in [-0.1, -0.05) is 46.7 Å². The van der Waals surface area contributed by atoms with Crippen LogP contribution >= 0.6 is 0 Å². The average molecular weight is 555 g/mol. The van der Waals surface area contributed by atoms with E-state index in [1.54, 1.807) is 55.5 Å². The van der Waals surface area contributed by atoms with Gasteiger partial charge in [-0.15, -0.1) is 0 Å². The van der Waals surface area contributed by atoms with E-state index < -0.39 is 17.7 Å². The van der Waals surface area contributed by atoms with Gasteiger partial charge < -0.3 is 23.6 Å². The molecule has 1 aromatic heterocycles. The molecule has 11 heteroatoms. The summed E-state index contributed by atoms with van der Waals surface area (Å²) in [5.74, 6) is -0.151. The Morgan fingerprint density at radius 3 is 2.58 bits per heavy atom. The summed E-state index contributed by atoms with van der Waals surface area (Å²) in [6.45, 7) is 1.70. The van der Waals surface area contributed by atoms with Crippen LogP contribution in [0, 0.1) is 0 Å². The van der Waals surface area contributed by atoms with Crippen molar-refractivity contribution in [2.75, 3.05) is 14.2 Å². The molecule has 4 rings (SSSR count). The van der Waals surface area contributed by atoms with Gasteiger partial charge in [0.05, 0.1) is 31.4 Å². The van der Waals surface area contributed by atoms with Crippen molar-refractivity contribution in [2.45, 2.75) is 26.3 Å². The molecule has 0 bridgehead atoms. The van der Waals surface area contributed by atoms with Crippen LogP contribution < -0.4 is 4.74 Å². The smallest absolute Gasteiger partial charge is 0.416 e. The number of aromatic nitrogens is 1. The number of nitrogens with zero attached hydrogens (tertiary/aromatic N) is 2. The number of oxime groups is 1. The molecule has 0 unspecified atom stereocenters. The number of ether oxygens (including phenoxy) is 3. The van der Waals surface area contributed by atoms with Gasteiger partial charge in [0.15, 0.2) is 5.58 Å². The van der Waals surface area contributed by atoms with Crippen LogP contribution in [-0.4, -0.2) is 31.1 Å². The number of fused-ring (bicyclic) bond motifs is 1. The highest BCUT2D eigenvalue weighted by molar-refractivity contribution is 6.16. The molecule has 0 aliphatic heterocycles. The van der Waals surface area contributed by atoms with Gasteiger partial charge in [0.25, 0.3) is 0 Å². The van der Waals surface area contributed by atoms with Crippen LogP contribution in [-0.2, 0) is 38.5 Å². The molecule has 0 amide bonds. The molecule has 0 aliphatic rings. The zero-order chi connectivity index (χ0) is 28.7. The van der Waals surface area contributed by atoms with Crippen molar-refractivity contribution in [3.63, 3.8) is 0 Å². The Hall–Kier alpha value is -4.80. The lowest BCUT2D eigenvalue weighted by atomic mass is 10.0. The monoisotopic (exact) mass is 554 g/mol. The molecule has 0 saturated carbocycles. The zero-order valence-corrected chi connectivity index (χ0v) is 21.8. The number of halogens is 3. The van der Waals surface area contributed by atoms with Gasteiger partial charge in [-0.05, 0) is 42.3 Å². The summed E-state index contributed by atoms with van der Waals surface area (Å²) in [5.41, 5.74) is 2.43. The third kappa shape index (κ3) is 6.60. The van der Waals surface area contributed by atoms with Crippen molar-refractivity contribution in [2.24, 2.45) is 5.16 Å². The van der Waals surface area contributed by atoms with E-state index in [0.29, 0.717) is 44.8 Å². The topological polar surface area (TPSA) is 92.4 Å². The minimum Gasteiger partial charge on any atom is -0.503 e. The molecule has 0 atom stereocenters. The molecule has 208 valence electrons. The van der Waals surface area contributed by atoms with Crippen LogP contribution in [0.3, 0.4) is 0 Å². The largest absolute Gasteiger partial charge is 0.503 e. The summed E-state index contributed by atoms with van der Waals surface area (Å²) in [6.07, 6.45) is -3.12. The van der Waals surface area contributed by atoms with Gasteiger partial charge in [0.2, 0.25) is 0 Å². The Balaban J connectivity index is 1.45. The second-order valence-electron chi connectivity index (χ2n) is 8.54. The highest BCUT2D eigenvalue weighted by Gasteiger charge is 2.30. The maximum absolute atomic E-state index is 13.0. The van der Waals surface area contributed by atoms with E-state index in [9.17, 15) is 18.0 Å². The van der Waals surface area contributed by atoms with Gasteiger partial charge in [0.1, 0.15) is 35.9 Å². The van der Waals surface area contributed by atoms with Crippen LogP contribution in [0.1, 0.15) is 34.9 Å². The molecule has 0 fully saturated rings. The van der Waals surface area contributed by atoms with E-state index >= 15 is 0 Å². The third-order valence-electron chi connectivity index (χ3n) is 5.82. The van der Waals surface area contributed by atoms with E-state index in [4.69, 9.17) is 23.6 Å². The van der Waals surface area contributed by atoms with E-state index in [1.807, 2.05) is 0 Å². The van der Waals surface area contributed by atoms with Crippen LogP contribution in [0.4, 0.5) is 13.2 Å². The standard InChI is InChI=1S/C29H25F3N2O6/c1-18(33-39-16-20-8-4-5-10-23(20)25(17-36-2)28(35)37-3)27-24-12-11-22(14-26(24)40-34-27)38-15-19-7-6-9-21(13-19)29(30,31)32/h4-14,17H,15-16H2,1-3H3/b25-17+,33-18-. The first-order valence-corrected chi connectivity index (χ1v) is 12.0. The Kier molecular flexibility index (Phi) is 8.73. The molecule has 0 saturated heterocycles. The van der Waals surface area contributed by atoms with Crippen LogP contribution in [0.5, 0.6) is 5.75 Å². The maximum atomic E-state index is 13.0. The number of rotatable bonds is 10. The highest BCUT2D eigenvalue weighted by Crippen LogP contribution is 2.30. The van der Waals surface area contributed by atoms with E-state index in [-0.39, 0.29) is 18.8 Å². The minimum atomic E-state index is -4.43. The fourth-order valence-corrected chi connectivity index (χ4v) is 3.87. The van der Waals surface area contributed by atoms with E-state index in [1.165, 1.54) is 26.5 Å². The number of hydrogen-bond acceptors (Lipinski definition) is 8. The van der Waals surface area contributed by atoms with Crippen molar-refractivity contribution >= 4 is 28.2 Å². The fourth-order valence-electron chi connectivity index (χ4n) is 3.87. The lowest BCUT2D eigenvalue weighted by Gasteiger charge is -2.11. The summed E-state index contributed by atoms with van der Waals surface area (Å²) in [4.78, 5) is 17.8. The molecule has 4 aromatic rings. The summed E-state index contributed by atoms with van der Waals surface area (Å²) in [7, 11) is 2.72. The molecule has 0 radical (unpaired) electrons. The van der Waals surface area contributed by atoms with E-state index in [0.717, 1.165) is 12.1 Å². The highest BCUT2D eigenvalue weighted by atomic mass is 19.4.